The number of benzene rings is 2. The van der Waals surface area contributed by atoms with Gasteiger partial charge in [0.05, 0.1) is 60.9 Å². The fraction of sp³-hybridized carbons (Fsp3) is 0.493. The number of aromatic nitrogens is 2. The first-order valence-corrected chi connectivity index (χ1v) is 29.4. The summed E-state index contributed by atoms with van der Waals surface area (Å²) in [5, 5.41) is 65.6. The van der Waals surface area contributed by atoms with Gasteiger partial charge in [0.25, 0.3) is 0 Å². The summed E-state index contributed by atoms with van der Waals surface area (Å²) in [6.07, 6.45) is 3.71. The van der Waals surface area contributed by atoms with Crippen LogP contribution in [0.5, 0.6) is 11.5 Å². The largest absolute Gasteiger partial charge is 0.484 e. The molecule has 4 aromatic heterocycles. The van der Waals surface area contributed by atoms with Crippen molar-refractivity contribution >= 4 is 5.97 Å². The normalized spacial score (nSPS) is 36.6. The molecule has 446 valence electrons. The van der Waals surface area contributed by atoms with E-state index < -0.39 is 98.7 Å². The summed E-state index contributed by atoms with van der Waals surface area (Å²) in [6, 6.07) is 24.7. The van der Waals surface area contributed by atoms with Gasteiger partial charge in [0.1, 0.15) is 51.5 Å². The molecule has 17 atom stereocenters. The molecular formula is C67H73N3O15. The quantitative estimate of drug-likeness (QED) is 0.0972. The van der Waals surface area contributed by atoms with Crippen LogP contribution < -0.4 is 20.7 Å². The molecule has 4 saturated carbocycles. The molecule has 7 aliphatic rings. The second-order valence-corrected chi connectivity index (χ2v) is 26.3. The predicted molar refractivity (Wildman–Crippen MR) is 307 cm³/mol. The number of nitriles is 1. The lowest BCUT2D eigenvalue weighted by Gasteiger charge is -2.67. The zero-order valence-corrected chi connectivity index (χ0v) is 49.0. The summed E-state index contributed by atoms with van der Waals surface area (Å²) in [5.74, 6) is -1.45. The van der Waals surface area contributed by atoms with Crippen LogP contribution in [-0.4, -0.2) is 90.3 Å². The van der Waals surface area contributed by atoms with E-state index in [0.717, 1.165) is 16.7 Å². The number of ether oxygens (including phenoxy) is 5. The standard InChI is InChI=1S/C42H42N2O8.C25H31NO7/c1-23-8-6-9-24(2)33(23)39-48-22-41(4)30-19-32(50-37(46)26-13-11-25(20-43)12-14-26)42(5)36(40(30,3)16-15-31(41)51-39)35(45)34-29(52-42)18-28(49-38(34)47)27-10-7-17-44-21-27;1-23-7-6-17(28)24(2,12-27)16(23)10-18(29)25(3)21(23)20(30)19-15(33-25)9-14(32-22(19)31)13-5-4-8-26-11-13/h6-14,17-18,21,30-32,35-36,39,45H,15-16,19,22H2,1-5H3;4-5,8-9,11,16-18,20-21,27-30H,6-7,10,12H2,1-3H3/t30?,31-,32-,35-,36?,39+,40-,41-,42+;16?,17-,18-,20-,21?,23-,24-,25+/m00/s1. The highest BCUT2D eigenvalue weighted by Gasteiger charge is 2.72. The zero-order valence-electron chi connectivity index (χ0n) is 49.0. The fourth-order valence-electron chi connectivity index (χ4n) is 17.2. The van der Waals surface area contributed by atoms with E-state index in [1.165, 1.54) is 0 Å². The fourth-order valence-corrected chi connectivity index (χ4v) is 17.2. The van der Waals surface area contributed by atoms with Gasteiger partial charge < -0.3 is 58.1 Å². The molecule has 18 heteroatoms. The Morgan fingerprint density at radius 3 is 1.79 bits per heavy atom. The number of hydrogen-bond donors (Lipinski definition) is 5. The van der Waals surface area contributed by atoms with Crippen molar-refractivity contribution < 1.29 is 62.8 Å². The number of aliphatic hydroxyl groups excluding tert-OH is 5. The SMILES string of the molecule is C[C@]12CC[C@H](O)[C@@](C)(CO)C1C[C@H](O)[C@@]1(C)Oc3cc(-c4cccnc4)oc(=O)c3[C@H](O)C21.Cc1cccc(C)c1[C@@H]1OC[C@@]2(C)C3C[C@H](OC(=O)c4ccc(C#N)cc4)[C@@]4(C)Oc5cc(-c6cccnc6)oc(=O)c5[C@H](O)C4[C@@]3(C)CC[C@@H]2O1. The number of hydrogen-bond acceptors (Lipinski definition) is 18. The van der Waals surface area contributed by atoms with Crippen molar-refractivity contribution in [3.8, 4) is 40.2 Å². The Labute approximate surface area is 492 Å². The maximum atomic E-state index is 13.9. The van der Waals surface area contributed by atoms with Crippen LogP contribution >= 0.6 is 0 Å². The third-order valence-corrected chi connectivity index (χ3v) is 21.6. The summed E-state index contributed by atoms with van der Waals surface area (Å²) in [7, 11) is 0. The van der Waals surface area contributed by atoms with Crippen molar-refractivity contribution in [2.24, 2.45) is 45.3 Å². The molecule has 6 aromatic rings. The van der Waals surface area contributed by atoms with Crippen LogP contribution in [0, 0.1) is 70.5 Å². The van der Waals surface area contributed by atoms with Crippen LogP contribution in [0.3, 0.4) is 0 Å². The topological polar surface area (TPSA) is 274 Å². The smallest absolute Gasteiger partial charge is 0.345 e. The molecule has 5 N–H and O–H groups in total. The maximum absolute atomic E-state index is 13.9. The van der Waals surface area contributed by atoms with Crippen molar-refractivity contribution in [1.29, 1.82) is 5.26 Å². The Morgan fingerprint density at radius 2 is 1.24 bits per heavy atom. The summed E-state index contributed by atoms with van der Waals surface area (Å²) in [4.78, 5) is 48.9. The Hall–Kier alpha value is -7.08. The molecular weight excluding hydrogens is 1090 g/mol. The van der Waals surface area contributed by atoms with E-state index in [1.54, 1.807) is 92.4 Å². The molecule has 5 fully saturated rings. The monoisotopic (exact) mass is 1160 g/mol. The highest BCUT2D eigenvalue weighted by molar-refractivity contribution is 5.89. The molecule has 18 nitrogen and oxygen atoms in total. The van der Waals surface area contributed by atoms with Crippen LogP contribution in [0.25, 0.3) is 22.6 Å². The van der Waals surface area contributed by atoms with Crippen molar-refractivity contribution in [2.75, 3.05) is 13.2 Å². The van der Waals surface area contributed by atoms with Crippen molar-refractivity contribution in [2.45, 2.75) is 148 Å². The molecule has 0 bridgehead atoms. The van der Waals surface area contributed by atoms with E-state index >= 15 is 0 Å². The van der Waals surface area contributed by atoms with Gasteiger partial charge in [-0.05, 0) is 149 Å². The number of esters is 1. The summed E-state index contributed by atoms with van der Waals surface area (Å²) in [5.41, 5.74) is -1.16. The van der Waals surface area contributed by atoms with Crippen LogP contribution in [0.4, 0.5) is 0 Å². The van der Waals surface area contributed by atoms with E-state index in [9.17, 15) is 45.2 Å². The van der Waals surface area contributed by atoms with Gasteiger partial charge in [-0.25, -0.2) is 14.4 Å². The first-order valence-electron chi connectivity index (χ1n) is 29.4. The lowest BCUT2D eigenvalue weighted by molar-refractivity contribution is -0.330. The van der Waals surface area contributed by atoms with Gasteiger partial charge in [-0.2, -0.15) is 5.26 Å². The molecule has 3 aliphatic heterocycles. The molecule has 2 aromatic carbocycles. The van der Waals surface area contributed by atoms with E-state index in [-0.39, 0.29) is 64.3 Å². The van der Waals surface area contributed by atoms with E-state index in [0.29, 0.717) is 61.8 Å². The van der Waals surface area contributed by atoms with Crippen LogP contribution in [0.15, 0.2) is 122 Å². The lowest BCUT2D eigenvalue weighted by Crippen LogP contribution is -2.72. The van der Waals surface area contributed by atoms with E-state index in [4.69, 9.17) is 32.5 Å². The second kappa shape index (κ2) is 21.1. The summed E-state index contributed by atoms with van der Waals surface area (Å²) in [6.45, 7) is 16.1. The number of carbonyl (C=O) groups is 1. The van der Waals surface area contributed by atoms with E-state index in [2.05, 4.69) is 55.9 Å². The summed E-state index contributed by atoms with van der Waals surface area (Å²) >= 11 is 0. The number of nitrogens with zero attached hydrogens (tertiary/aromatic N) is 3. The number of carbonyl (C=O) groups excluding carboxylic acids is 1. The average Bonchev–Trinajstić information content (AvgIpc) is 3.27. The number of aliphatic hydroxyl groups is 5. The average molecular weight is 1160 g/mol. The molecule has 4 unspecified atom stereocenters. The van der Waals surface area contributed by atoms with Gasteiger partial charge in [-0.3, -0.25) is 9.97 Å². The van der Waals surface area contributed by atoms with E-state index in [1.807, 2.05) is 26.8 Å². The van der Waals surface area contributed by atoms with Gasteiger partial charge in [0.2, 0.25) is 0 Å². The van der Waals surface area contributed by atoms with Gasteiger partial charge in [-0.1, -0.05) is 45.9 Å². The Kier molecular flexibility index (Phi) is 14.5. The predicted octanol–water partition coefficient (Wildman–Crippen LogP) is 9.20. The number of fused-ring (bicyclic) bond motifs is 10. The molecule has 4 aliphatic carbocycles. The maximum Gasteiger partial charge on any atom is 0.345 e. The summed E-state index contributed by atoms with van der Waals surface area (Å²) < 4.78 is 44.4. The first kappa shape index (κ1) is 58.3. The highest BCUT2D eigenvalue weighted by atomic mass is 16.7. The minimum Gasteiger partial charge on any atom is -0.484 e. The van der Waals surface area contributed by atoms with Crippen LogP contribution in [0.1, 0.15) is 142 Å². The molecule has 7 heterocycles. The van der Waals surface area contributed by atoms with Crippen LogP contribution in [0.2, 0.25) is 0 Å². The Balaban J connectivity index is 0.000000185. The van der Waals surface area contributed by atoms with Crippen LogP contribution in [-0.2, 0) is 14.2 Å². The molecule has 0 radical (unpaired) electrons. The van der Waals surface area contributed by atoms with Crippen molar-refractivity contribution in [3.05, 3.63) is 163 Å². The van der Waals surface area contributed by atoms with Gasteiger partial charge in [0.15, 0.2) is 6.29 Å². The van der Waals surface area contributed by atoms with Gasteiger partial charge in [0, 0.05) is 76.3 Å². The third-order valence-electron chi connectivity index (χ3n) is 21.6. The molecule has 85 heavy (non-hydrogen) atoms. The number of aryl methyl sites for hydroxylation is 2. The highest BCUT2D eigenvalue weighted by Crippen LogP contribution is 2.70. The number of pyridine rings is 2. The Morgan fingerprint density at radius 1 is 0.682 bits per heavy atom. The minimum atomic E-state index is -1.29. The van der Waals surface area contributed by atoms with Crippen molar-refractivity contribution in [3.63, 3.8) is 0 Å². The molecule has 0 amide bonds. The second-order valence-electron chi connectivity index (χ2n) is 26.3. The number of rotatable bonds is 6. The first-order chi connectivity index (χ1) is 40.4. The molecule has 1 saturated heterocycles. The molecule has 0 spiro atoms. The minimum absolute atomic E-state index is 0.0380. The lowest BCUT2D eigenvalue weighted by atomic mass is 9.42. The molecule has 13 rings (SSSR count). The zero-order chi connectivity index (χ0) is 60.3. The third kappa shape index (κ3) is 9.09. The Bertz CT molecular complexity index is 3700. The van der Waals surface area contributed by atoms with Crippen molar-refractivity contribution in [1.82, 2.24) is 9.97 Å². The van der Waals surface area contributed by atoms with Gasteiger partial charge in [-0.15, -0.1) is 0 Å². The van der Waals surface area contributed by atoms with Gasteiger partial charge >= 0.3 is 17.2 Å².